The molecule has 0 aliphatic carbocycles. The van der Waals surface area contributed by atoms with Crippen molar-refractivity contribution in [2.24, 2.45) is 0 Å². The molecule has 0 amide bonds. The van der Waals surface area contributed by atoms with Crippen molar-refractivity contribution in [1.82, 2.24) is 9.97 Å². The summed E-state index contributed by atoms with van der Waals surface area (Å²) < 4.78 is 5.83. The molecule has 0 aliphatic rings. The molecule has 1 unspecified atom stereocenters. The topological polar surface area (TPSA) is 67.3 Å². The summed E-state index contributed by atoms with van der Waals surface area (Å²) in [7, 11) is 1.64. The van der Waals surface area contributed by atoms with Gasteiger partial charge in [0.1, 0.15) is 17.7 Å². The van der Waals surface area contributed by atoms with Crippen molar-refractivity contribution < 1.29 is 9.84 Å². The van der Waals surface area contributed by atoms with Gasteiger partial charge in [-0.2, -0.15) is 0 Å². The number of halogens is 1. The number of aliphatic hydroxyl groups excluding tert-OH is 1. The number of anilines is 1. The molecule has 7 heteroatoms. The van der Waals surface area contributed by atoms with Crippen LogP contribution in [0.3, 0.4) is 0 Å². The van der Waals surface area contributed by atoms with Crippen LogP contribution in [0, 0.1) is 0 Å². The lowest BCUT2D eigenvalue weighted by molar-refractivity contribution is 0.181. The average Bonchev–Trinajstić information content (AvgIpc) is 2.91. The summed E-state index contributed by atoms with van der Waals surface area (Å²) in [5, 5.41) is 13.4. The lowest BCUT2D eigenvalue weighted by Gasteiger charge is -2.19. The van der Waals surface area contributed by atoms with Crippen molar-refractivity contribution >= 4 is 28.8 Å². The number of hydrogen-bond donors (Lipinski definition) is 2. The molecule has 2 N–H and O–H groups in total. The molecule has 0 saturated heterocycles. The fourth-order valence-corrected chi connectivity index (χ4v) is 3.00. The maximum Gasteiger partial charge on any atom is 0.136 e. The smallest absolute Gasteiger partial charge is 0.136 e. The van der Waals surface area contributed by atoms with Gasteiger partial charge in [-0.25, -0.2) is 9.97 Å². The van der Waals surface area contributed by atoms with Crippen LogP contribution in [-0.4, -0.2) is 28.7 Å². The summed E-state index contributed by atoms with van der Waals surface area (Å²) in [4.78, 5) is 9.90. The maximum absolute atomic E-state index is 10.2. The van der Waals surface area contributed by atoms with Crippen LogP contribution in [0.15, 0.2) is 18.2 Å². The summed E-state index contributed by atoms with van der Waals surface area (Å²) in [5.74, 6) is 1.42. The van der Waals surface area contributed by atoms with Crippen molar-refractivity contribution in [3.05, 3.63) is 38.9 Å². The Hall–Kier alpha value is -1.21. The zero-order valence-corrected chi connectivity index (χ0v) is 15.3. The lowest BCUT2D eigenvalue weighted by Crippen LogP contribution is -2.20. The first-order valence-corrected chi connectivity index (χ1v) is 8.53. The second kappa shape index (κ2) is 7.57. The molecule has 23 heavy (non-hydrogen) atoms. The highest BCUT2D eigenvalue weighted by Gasteiger charge is 2.19. The molecule has 0 aliphatic heterocycles. The van der Waals surface area contributed by atoms with Gasteiger partial charge in [0.05, 0.1) is 16.6 Å². The Kier molecular flexibility index (Phi) is 5.97. The van der Waals surface area contributed by atoms with E-state index in [1.54, 1.807) is 13.2 Å². The molecule has 2 heterocycles. The molecule has 2 aromatic rings. The van der Waals surface area contributed by atoms with E-state index in [1.165, 1.54) is 11.3 Å². The van der Waals surface area contributed by atoms with E-state index in [0.29, 0.717) is 23.3 Å². The third-order valence-electron chi connectivity index (χ3n) is 3.14. The molecule has 1 atom stereocenters. The Morgan fingerprint density at radius 2 is 2.09 bits per heavy atom. The minimum absolute atomic E-state index is 0.167. The van der Waals surface area contributed by atoms with Crippen LogP contribution in [-0.2, 0) is 16.8 Å². The Bertz CT molecular complexity index is 655. The predicted molar refractivity (Wildman–Crippen MR) is 94.2 cm³/mol. The fraction of sp³-hybridized carbons (Fsp3) is 0.500. The highest BCUT2D eigenvalue weighted by molar-refractivity contribution is 7.16. The number of rotatable bonds is 6. The monoisotopic (exact) mass is 355 g/mol. The van der Waals surface area contributed by atoms with E-state index in [0.717, 1.165) is 16.4 Å². The number of methoxy groups -OCH3 is 1. The van der Waals surface area contributed by atoms with Crippen LogP contribution >= 0.6 is 22.9 Å². The zero-order chi connectivity index (χ0) is 17.0. The van der Waals surface area contributed by atoms with Gasteiger partial charge in [-0.1, -0.05) is 32.4 Å². The Labute approximate surface area is 145 Å². The van der Waals surface area contributed by atoms with Crippen molar-refractivity contribution in [3.8, 4) is 0 Å². The largest absolute Gasteiger partial charge is 0.386 e. The number of aliphatic hydroxyl groups is 1. The summed E-state index contributed by atoms with van der Waals surface area (Å²) >= 11 is 7.27. The van der Waals surface area contributed by atoms with Gasteiger partial charge in [-0.15, -0.1) is 11.3 Å². The molecule has 0 radical (unpaired) electrons. The van der Waals surface area contributed by atoms with Gasteiger partial charge in [0.25, 0.3) is 0 Å². The highest BCUT2D eigenvalue weighted by Crippen LogP contribution is 2.27. The van der Waals surface area contributed by atoms with E-state index in [9.17, 15) is 5.11 Å². The minimum Gasteiger partial charge on any atom is -0.386 e. The van der Waals surface area contributed by atoms with Gasteiger partial charge in [0.2, 0.25) is 0 Å². The second-order valence-electron chi connectivity index (χ2n) is 6.29. The molecule has 0 fully saturated rings. The highest BCUT2D eigenvalue weighted by atomic mass is 35.5. The summed E-state index contributed by atoms with van der Waals surface area (Å²) in [5.41, 5.74) is 0.642. The van der Waals surface area contributed by atoms with Crippen LogP contribution in [0.5, 0.6) is 0 Å². The van der Waals surface area contributed by atoms with E-state index < -0.39 is 6.10 Å². The van der Waals surface area contributed by atoms with Gasteiger partial charge in [0, 0.05) is 30.0 Å². The first kappa shape index (κ1) is 18.1. The van der Waals surface area contributed by atoms with Gasteiger partial charge in [-0.05, 0) is 12.1 Å². The van der Waals surface area contributed by atoms with E-state index in [1.807, 2.05) is 12.1 Å². The molecular formula is C16H22ClN3O2S. The van der Waals surface area contributed by atoms with Crippen molar-refractivity contribution in [3.63, 3.8) is 0 Å². The number of nitrogens with one attached hydrogen (secondary N) is 1. The van der Waals surface area contributed by atoms with Crippen molar-refractivity contribution in [2.45, 2.75) is 38.9 Å². The van der Waals surface area contributed by atoms with Gasteiger partial charge < -0.3 is 15.2 Å². The van der Waals surface area contributed by atoms with E-state index in [2.05, 4.69) is 36.1 Å². The SMILES string of the molecule is COCc1cc(NCC(O)c2ccc(Cl)s2)nc(C(C)(C)C)n1. The molecular weight excluding hydrogens is 334 g/mol. The summed E-state index contributed by atoms with van der Waals surface area (Å²) in [6.07, 6.45) is -0.633. The summed E-state index contributed by atoms with van der Waals surface area (Å²) in [6, 6.07) is 5.45. The molecule has 2 rings (SSSR count). The average molecular weight is 356 g/mol. The summed E-state index contributed by atoms with van der Waals surface area (Å²) in [6.45, 7) is 6.95. The van der Waals surface area contributed by atoms with Crippen molar-refractivity contribution in [1.29, 1.82) is 0 Å². The minimum atomic E-state index is -0.633. The van der Waals surface area contributed by atoms with Gasteiger partial charge >= 0.3 is 0 Å². The Morgan fingerprint density at radius 1 is 1.35 bits per heavy atom. The van der Waals surface area contributed by atoms with Crippen molar-refractivity contribution in [2.75, 3.05) is 19.0 Å². The number of thiophene rings is 1. The Morgan fingerprint density at radius 3 is 2.65 bits per heavy atom. The number of nitrogens with zero attached hydrogens (tertiary/aromatic N) is 2. The standard InChI is InChI=1S/C16H22ClN3O2S/c1-16(2,3)15-19-10(9-22-4)7-14(20-15)18-8-11(21)12-5-6-13(17)23-12/h5-7,11,21H,8-9H2,1-4H3,(H,18,19,20). The van der Waals surface area contributed by atoms with E-state index in [-0.39, 0.29) is 5.41 Å². The van der Waals surface area contributed by atoms with E-state index in [4.69, 9.17) is 16.3 Å². The van der Waals surface area contributed by atoms with Crippen LogP contribution in [0.4, 0.5) is 5.82 Å². The first-order chi connectivity index (χ1) is 10.8. The molecule has 0 saturated carbocycles. The molecule has 0 bridgehead atoms. The Balaban J connectivity index is 2.13. The molecule has 2 aromatic heterocycles. The fourth-order valence-electron chi connectivity index (χ4n) is 1.95. The quantitative estimate of drug-likeness (QED) is 0.825. The lowest BCUT2D eigenvalue weighted by atomic mass is 9.95. The third-order valence-corrected chi connectivity index (χ3v) is 4.47. The first-order valence-electron chi connectivity index (χ1n) is 7.34. The van der Waals surface area contributed by atoms with Crippen LogP contribution < -0.4 is 5.32 Å². The predicted octanol–water partition coefficient (Wildman–Crippen LogP) is 3.78. The maximum atomic E-state index is 10.2. The van der Waals surface area contributed by atoms with Crippen LogP contribution in [0.2, 0.25) is 4.34 Å². The van der Waals surface area contributed by atoms with Gasteiger partial charge in [-0.3, -0.25) is 0 Å². The number of aromatic nitrogens is 2. The van der Waals surface area contributed by atoms with Gasteiger partial charge in [0.15, 0.2) is 0 Å². The number of hydrogen-bond acceptors (Lipinski definition) is 6. The second-order valence-corrected chi connectivity index (χ2v) is 8.04. The van der Waals surface area contributed by atoms with E-state index >= 15 is 0 Å². The molecule has 0 aromatic carbocycles. The molecule has 126 valence electrons. The number of ether oxygens (including phenoxy) is 1. The van der Waals surface area contributed by atoms with Crippen LogP contribution in [0.25, 0.3) is 0 Å². The molecule has 5 nitrogen and oxygen atoms in total. The van der Waals surface area contributed by atoms with Crippen LogP contribution in [0.1, 0.15) is 43.3 Å². The molecule has 0 spiro atoms. The normalized spacial score (nSPS) is 13.1. The zero-order valence-electron chi connectivity index (χ0n) is 13.8. The third kappa shape index (κ3) is 5.14.